The summed E-state index contributed by atoms with van der Waals surface area (Å²) in [7, 11) is -4.06. The fourth-order valence-corrected chi connectivity index (χ4v) is 3.37. The lowest BCUT2D eigenvalue weighted by molar-refractivity contribution is 0.357. The van der Waals surface area contributed by atoms with Crippen molar-refractivity contribution in [1.29, 1.82) is 0 Å². The van der Waals surface area contributed by atoms with Gasteiger partial charge in [0.05, 0.1) is 0 Å². The van der Waals surface area contributed by atoms with Crippen LogP contribution in [0, 0.1) is 17.6 Å². The topological polar surface area (TPSA) is 66.4 Å². The highest BCUT2D eigenvalue weighted by Gasteiger charge is 2.26. The van der Waals surface area contributed by atoms with Crippen molar-refractivity contribution in [3.8, 4) is 5.75 Å². The normalized spacial score (nSPS) is 17.4. The first kappa shape index (κ1) is 15.2. The Bertz CT molecular complexity index is 611. The number of hydrogen-bond acceptors (Lipinski definition) is 4. The predicted molar refractivity (Wildman–Crippen MR) is 70.4 cm³/mol. The second-order valence-corrected chi connectivity index (χ2v) is 7.13. The monoisotopic (exact) mass is 305 g/mol. The second-order valence-electron chi connectivity index (χ2n) is 5.18. The lowest BCUT2D eigenvalue weighted by atomic mass is 9.90. The molecule has 1 fully saturated rings. The fraction of sp³-hybridized carbons (Fsp3) is 0.538. The second kappa shape index (κ2) is 5.65. The van der Waals surface area contributed by atoms with E-state index in [0.29, 0.717) is 12.7 Å². The number of nitrogens with one attached hydrogen (secondary N) is 1. The average molecular weight is 305 g/mol. The Labute approximate surface area is 116 Å². The third-order valence-corrected chi connectivity index (χ3v) is 4.68. The van der Waals surface area contributed by atoms with E-state index in [1.165, 1.54) is 0 Å². The number of phenolic OH excluding ortho intramolecular Hbond substituents is 1. The first-order chi connectivity index (χ1) is 9.30. The standard InChI is InChI=1S/C13H17F2NO3S/c1-20(18,19)13-10(14)7-9(12(17)11(13)15)6-8-2-4-16-5-3-8/h7-8,16-17H,2-6H2,1H3. The summed E-state index contributed by atoms with van der Waals surface area (Å²) in [6.45, 7) is 1.66. The Morgan fingerprint density at radius 3 is 2.50 bits per heavy atom. The molecule has 0 spiro atoms. The van der Waals surface area contributed by atoms with Gasteiger partial charge in [-0.15, -0.1) is 0 Å². The fourth-order valence-electron chi connectivity index (χ4n) is 2.53. The minimum absolute atomic E-state index is 0.124. The Kier molecular flexibility index (Phi) is 4.29. The van der Waals surface area contributed by atoms with Crippen molar-refractivity contribution in [2.75, 3.05) is 19.3 Å². The summed E-state index contributed by atoms with van der Waals surface area (Å²) in [5.74, 6) is -3.07. The summed E-state index contributed by atoms with van der Waals surface area (Å²) < 4.78 is 50.3. The number of hydrogen-bond donors (Lipinski definition) is 2. The summed E-state index contributed by atoms with van der Waals surface area (Å²) in [5, 5.41) is 13.0. The number of halogens is 2. The molecule has 1 aliphatic heterocycles. The van der Waals surface area contributed by atoms with Gasteiger partial charge in [-0.25, -0.2) is 17.2 Å². The van der Waals surface area contributed by atoms with Gasteiger partial charge in [-0.05, 0) is 44.3 Å². The van der Waals surface area contributed by atoms with E-state index in [0.717, 1.165) is 32.0 Å². The maximum absolute atomic E-state index is 13.9. The molecule has 0 aliphatic carbocycles. The van der Waals surface area contributed by atoms with Crippen LogP contribution in [0.2, 0.25) is 0 Å². The van der Waals surface area contributed by atoms with Gasteiger partial charge in [0.2, 0.25) is 0 Å². The van der Waals surface area contributed by atoms with E-state index >= 15 is 0 Å². The molecule has 0 unspecified atom stereocenters. The number of benzene rings is 1. The highest BCUT2D eigenvalue weighted by Crippen LogP contribution is 2.32. The van der Waals surface area contributed by atoms with Crippen molar-refractivity contribution >= 4 is 9.84 Å². The maximum atomic E-state index is 13.9. The number of aromatic hydroxyl groups is 1. The van der Waals surface area contributed by atoms with Crippen LogP contribution in [0.1, 0.15) is 18.4 Å². The highest BCUT2D eigenvalue weighted by molar-refractivity contribution is 7.90. The van der Waals surface area contributed by atoms with Crippen LogP contribution in [-0.4, -0.2) is 32.9 Å². The Balaban J connectivity index is 2.36. The molecule has 0 amide bonds. The minimum Gasteiger partial charge on any atom is -0.505 e. The van der Waals surface area contributed by atoms with Crippen LogP contribution in [0.4, 0.5) is 8.78 Å². The van der Waals surface area contributed by atoms with Gasteiger partial charge in [0.25, 0.3) is 0 Å². The van der Waals surface area contributed by atoms with Gasteiger partial charge in [-0.1, -0.05) is 0 Å². The summed E-state index contributed by atoms with van der Waals surface area (Å²) in [4.78, 5) is -1.07. The summed E-state index contributed by atoms with van der Waals surface area (Å²) in [6, 6.07) is 0.927. The Morgan fingerprint density at radius 2 is 1.95 bits per heavy atom. The Morgan fingerprint density at radius 1 is 1.35 bits per heavy atom. The van der Waals surface area contributed by atoms with Crippen molar-refractivity contribution in [2.24, 2.45) is 5.92 Å². The molecule has 0 aromatic heterocycles. The highest BCUT2D eigenvalue weighted by atomic mass is 32.2. The number of sulfone groups is 1. The summed E-state index contributed by atoms with van der Waals surface area (Å²) in [5.41, 5.74) is 0.124. The van der Waals surface area contributed by atoms with Gasteiger partial charge in [0, 0.05) is 11.8 Å². The first-order valence-corrected chi connectivity index (χ1v) is 8.30. The average Bonchev–Trinajstić information content (AvgIpc) is 2.35. The predicted octanol–water partition coefficient (Wildman–Crippen LogP) is 1.62. The molecule has 2 N–H and O–H groups in total. The van der Waals surface area contributed by atoms with Gasteiger partial charge >= 0.3 is 0 Å². The van der Waals surface area contributed by atoms with Crippen LogP contribution >= 0.6 is 0 Å². The molecular weight excluding hydrogens is 288 g/mol. The zero-order valence-corrected chi connectivity index (χ0v) is 11.9. The van der Waals surface area contributed by atoms with Crippen LogP contribution in [0.3, 0.4) is 0 Å². The molecule has 1 saturated heterocycles. The van der Waals surface area contributed by atoms with Crippen LogP contribution in [-0.2, 0) is 16.3 Å². The molecule has 0 bridgehead atoms. The molecule has 0 atom stereocenters. The maximum Gasteiger partial charge on any atom is 0.186 e. The van der Waals surface area contributed by atoms with Gasteiger partial charge in [0.15, 0.2) is 21.4 Å². The van der Waals surface area contributed by atoms with Gasteiger partial charge in [0.1, 0.15) is 10.7 Å². The van der Waals surface area contributed by atoms with Crippen molar-refractivity contribution in [2.45, 2.75) is 24.2 Å². The molecule has 1 heterocycles. The SMILES string of the molecule is CS(=O)(=O)c1c(F)cc(CC2CCNCC2)c(O)c1F. The molecule has 0 saturated carbocycles. The lowest BCUT2D eigenvalue weighted by Crippen LogP contribution is -2.28. The smallest absolute Gasteiger partial charge is 0.186 e. The van der Waals surface area contributed by atoms with Crippen molar-refractivity contribution in [3.63, 3.8) is 0 Å². The van der Waals surface area contributed by atoms with Gasteiger partial charge in [-0.3, -0.25) is 0 Å². The number of piperidine rings is 1. The molecule has 0 radical (unpaired) electrons. The van der Waals surface area contributed by atoms with Gasteiger partial charge < -0.3 is 10.4 Å². The Hall–Kier alpha value is -1.21. The van der Waals surface area contributed by atoms with Crippen molar-refractivity contribution in [1.82, 2.24) is 5.32 Å². The molecular formula is C13H17F2NO3S. The van der Waals surface area contributed by atoms with Crippen molar-refractivity contribution < 1.29 is 22.3 Å². The molecule has 1 aromatic rings. The largest absolute Gasteiger partial charge is 0.505 e. The first-order valence-electron chi connectivity index (χ1n) is 6.41. The van der Waals surface area contributed by atoms with Crippen LogP contribution in [0.5, 0.6) is 5.75 Å². The van der Waals surface area contributed by atoms with E-state index < -0.39 is 32.1 Å². The van der Waals surface area contributed by atoms with E-state index in [1.54, 1.807) is 0 Å². The molecule has 7 heteroatoms. The molecule has 4 nitrogen and oxygen atoms in total. The zero-order valence-electron chi connectivity index (χ0n) is 11.1. The van der Waals surface area contributed by atoms with Gasteiger partial charge in [-0.2, -0.15) is 0 Å². The quantitative estimate of drug-likeness (QED) is 0.890. The number of rotatable bonds is 3. The summed E-state index contributed by atoms with van der Waals surface area (Å²) in [6.07, 6.45) is 2.76. The molecule has 2 rings (SSSR count). The third-order valence-electron chi connectivity index (χ3n) is 3.57. The lowest BCUT2D eigenvalue weighted by Gasteiger charge is -2.23. The van der Waals surface area contributed by atoms with Crippen LogP contribution in [0.25, 0.3) is 0 Å². The molecule has 20 heavy (non-hydrogen) atoms. The minimum atomic E-state index is -4.06. The van der Waals surface area contributed by atoms with E-state index in [1.807, 2.05) is 0 Å². The van der Waals surface area contributed by atoms with E-state index in [2.05, 4.69) is 5.32 Å². The molecule has 1 aliphatic rings. The van der Waals surface area contributed by atoms with Crippen molar-refractivity contribution in [3.05, 3.63) is 23.3 Å². The zero-order chi connectivity index (χ0) is 14.9. The number of phenols is 1. The van der Waals surface area contributed by atoms with E-state index in [-0.39, 0.29) is 11.5 Å². The molecule has 1 aromatic carbocycles. The van der Waals surface area contributed by atoms with E-state index in [9.17, 15) is 22.3 Å². The molecule has 112 valence electrons. The summed E-state index contributed by atoms with van der Waals surface area (Å²) >= 11 is 0. The third kappa shape index (κ3) is 3.09. The van der Waals surface area contributed by atoms with Crippen LogP contribution in [0.15, 0.2) is 11.0 Å². The van der Waals surface area contributed by atoms with Crippen LogP contribution < -0.4 is 5.32 Å². The van der Waals surface area contributed by atoms with E-state index in [4.69, 9.17) is 0 Å².